The summed E-state index contributed by atoms with van der Waals surface area (Å²) < 4.78 is 6.46. The first-order chi connectivity index (χ1) is 8.78. The highest BCUT2D eigenvalue weighted by Crippen LogP contribution is 2.32. The molecule has 94 valence electrons. The number of pyridine rings is 1. The lowest BCUT2D eigenvalue weighted by Gasteiger charge is -2.14. The zero-order valence-electron chi connectivity index (χ0n) is 9.82. The van der Waals surface area contributed by atoms with Gasteiger partial charge in [0, 0.05) is 22.4 Å². The average molecular weight is 308 g/mol. The fraction of sp³-hybridized carbons (Fsp3) is 0.308. The SMILES string of the molecule is NNc1cc2ccc(Br)cc2nc1C1CCOC1. The Kier molecular flexibility index (Phi) is 3.20. The standard InChI is InChI=1S/C13H14BrN3O/c14-10-2-1-8-5-12(17-15)13(16-11(8)6-10)9-3-4-18-7-9/h1-2,5-6,9,17H,3-4,7,15H2. The van der Waals surface area contributed by atoms with Crippen molar-refractivity contribution < 1.29 is 4.74 Å². The first-order valence-electron chi connectivity index (χ1n) is 5.92. The molecule has 0 aliphatic carbocycles. The van der Waals surface area contributed by atoms with E-state index in [1.807, 2.05) is 24.3 Å². The molecule has 18 heavy (non-hydrogen) atoms. The lowest BCUT2D eigenvalue weighted by molar-refractivity contribution is 0.193. The summed E-state index contributed by atoms with van der Waals surface area (Å²) in [6.45, 7) is 1.52. The Morgan fingerprint density at radius 1 is 1.39 bits per heavy atom. The quantitative estimate of drug-likeness (QED) is 0.661. The number of fused-ring (bicyclic) bond motifs is 1. The lowest BCUT2D eigenvalue weighted by atomic mass is 10.0. The van der Waals surface area contributed by atoms with Crippen molar-refractivity contribution in [2.75, 3.05) is 18.6 Å². The first kappa shape index (κ1) is 11.9. The number of nitrogens with one attached hydrogen (secondary N) is 1. The van der Waals surface area contributed by atoms with Gasteiger partial charge in [-0.15, -0.1) is 0 Å². The molecular weight excluding hydrogens is 294 g/mol. The first-order valence-corrected chi connectivity index (χ1v) is 6.72. The number of halogens is 1. The van der Waals surface area contributed by atoms with Gasteiger partial charge in [-0.1, -0.05) is 22.0 Å². The van der Waals surface area contributed by atoms with Gasteiger partial charge >= 0.3 is 0 Å². The van der Waals surface area contributed by atoms with Gasteiger partial charge in [-0.2, -0.15) is 0 Å². The number of anilines is 1. The van der Waals surface area contributed by atoms with Crippen molar-refractivity contribution in [2.24, 2.45) is 5.84 Å². The molecule has 1 aromatic carbocycles. The van der Waals surface area contributed by atoms with E-state index in [1.165, 1.54) is 0 Å². The van der Waals surface area contributed by atoms with Crippen molar-refractivity contribution in [3.05, 3.63) is 34.4 Å². The van der Waals surface area contributed by atoms with Crippen LogP contribution in [0.5, 0.6) is 0 Å². The second-order valence-corrected chi connectivity index (χ2v) is 5.38. The van der Waals surface area contributed by atoms with Gasteiger partial charge in [-0.3, -0.25) is 10.8 Å². The van der Waals surface area contributed by atoms with Crippen LogP contribution in [0.15, 0.2) is 28.7 Å². The van der Waals surface area contributed by atoms with Crippen molar-refractivity contribution in [1.29, 1.82) is 0 Å². The van der Waals surface area contributed by atoms with Crippen LogP contribution >= 0.6 is 15.9 Å². The van der Waals surface area contributed by atoms with Crippen molar-refractivity contribution in [3.8, 4) is 0 Å². The number of hydrogen-bond donors (Lipinski definition) is 2. The van der Waals surface area contributed by atoms with Crippen LogP contribution in [0, 0.1) is 0 Å². The van der Waals surface area contributed by atoms with Crippen LogP contribution in [0.4, 0.5) is 5.69 Å². The minimum atomic E-state index is 0.333. The number of benzene rings is 1. The molecule has 0 spiro atoms. The average Bonchev–Trinajstić information content (AvgIpc) is 2.90. The van der Waals surface area contributed by atoms with Crippen LogP contribution in [-0.2, 0) is 4.74 Å². The number of aromatic nitrogens is 1. The summed E-state index contributed by atoms with van der Waals surface area (Å²) in [7, 11) is 0. The van der Waals surface area contributed by atoms with Gasteiger partial charge in [0.05, 0.1) is 23.5 Å². The smallest absolute Gasteiger partial charge is 0.0718 e. The molecule has 1 fully saturated rings. The van der Waals surface area contributed by atoms with E-state index < -0.39 is 0 Å². The molecule has 1 unspecified atom stereocenters. The predicted molar refractivity (Wildman–Crippen MR) is 75.4 cm³/mol. The normalized spacial score (nSPS) is 19.3. The Morgan fingerprint density at radius 3 is 3.00 bits per heavy atom. The van der Waals surface area contributed by atoms with Crippen LogP contribution < -0.4 is 11.3 Å². The van der Waals surface area contributed by atoms with E-state index >= 15 is 0 Å². The summed E-state index contributed by atoms with van der Waals surface area (Å²) in [5.74, 6) is 5.93. The number of hydrazine groups is 1. The summed E-state index contributed by atoms with van der Waals surface area (Å²) in [4.78, 5) is 4.74. The van der Waals surface area contributed by atoms with Gasteiger partial charge < -0.3 is 10.2 Å². The van der Waals surface area contributed by atoms with E-state index in [9.17, 15) is 0 Å². The zero-order valence-corrected chi connectivity index (χ0v) is 11.4. The predicted octanol–water partition coefficient (Wildman–Crippen LogP) is 2.79. The van der Waals surface area contributed by atoms with Gasteiger partial charge in [0.25, 0.3) is 0 Å². The van der Waals surface area contributed by atoms with Gasteiger partial charge in [-0.25, -0.2) is 0 Å². The summed E-state index contributed by atoms with van der Waals surface area (Å²) in [5, 5.41) is 1.08. The number of nitrogen functional groups attached to an aromatic ring is 1. The maximum absolute atomic E-state index is 5.60. The van der Waals surface area contributed by atoms with Crippen LogP contribution in [0.2, 0.25) is 0 Å². The summed E-state index contributed by atoms with van der Waals surface area (Å²) in [5.41, 5.74) is 5.62. The Morgan fingerprint density at radius 2 is 2.28 bits per heavy atom. The summed E-state index contributed by atoms with van der Waals surface area (Å²) in [6, 6.07) is 8.10. The fourth-order valence-electron chi connectivity index (χ4n) is 2.33. The van der Waals surface area contributed by atoms with E-state index in [4.69, 9.17) is 15.6 Å². The summed E-state index contributed by atoms with van der Waals surface area (Å²) >= 11 is 3.47. The van der Waals surface area contributed by atoms with Crippen LogP contribution in [0.25, 0.3) is 10.9 Å². The topological polar surface area (TPSA) is 60.2 Å². The van der Waals surface area contributed by atoms with Gasteiger partial charge in [-0.05, 0) is 24.6 Å². The molecule has 0 amide bonds. The van der Waals surface area contributed by atoms with Crippen molar-refractivity contribution >= 4 is 32.5 Å². The molecule has 0 bridgehead atoms. The monoisotopic (exact) mass is 307 g/mol. The van der Waals surface area contributed by atoms with E-state index in [1.54, 1.807) is 0 Å². The van der Waals surface area contributed by atoms with E-state index in [0.29, 0.717) is 5.92 Å². The zero-order chi connectivity index (χ0) is 12.5. The molecule has 1 aliphatic rings. The molecule has 1 saturated heterocycles. The third-order valence-electron chi connectivity index (χ3n) is 3.28. The van der Waals surface area contributed by atoms with Gasteiger partial charge in [0.15, 0.2) is 0 Å². The van der Waals surface area contributed by atoms with Gasteiger partial charge in [0.2, 0.25) is 0 Å². The number of nitrogens with zero attached hydrogens (tertiary/aromatic N) is 1. The third kappa shape index (κ3) is 2.09. The van der Waals surface area contributed by atoms with E-state index in [2.05, 4.69) is 21.4 Å². The molecular formula is C13H14BrN3O. The fourth-order valence-corrected chi connectivity index (χ4v) is 2.68. The number of nitrogens with two attached hydrogens (primary N) is 1. The van der Waals surface area contributed by atoms with Crippen molar-refractivity contribution in [1.82, 2.24) is 4.98 Å². The highest BCUT2D eigenvalue weighted by atomic mass is 79.9. The number of hydrogen-bond acceptors (Lipinski definition) is 4. The Hall–Kier alpha value is -1.17. The molecule has 5 heteroatoms. The second-order valence-electron chi connectivity index (χ2n) is 4.46. The Bertz CT molecular complexity index is 582. The van der Waals surface area contributed by atoms with Crippen LogP contribution in [-0.4, -0.2) is 18.2 Å². The largest absolute Gasteiger partial charge is 0.381 e. The molecule has 1 aromatic heterocycles. The Balaban J connectivity index is 2.15. The highest BCUT2D eigenvalue weighted by Gasteiger charge is 2.22. The van der Waals surface area contributed by atoms with Crippen molar-refractivity contribution in [3.63, 3.8) is 0 Å². The molecule has 3 N–H and O–H groups in total. The molecule has 0 saturated carbocycles. The third-order valence-corrected chi connectivity index (χ3v) is 3.77. The molecule has 0 radical (unpaired) electrons. The minimum absolute atomic E-state index is 0.333. The minimum Gasteiger partial charge on any atom is -0.381 e. The molecule has 3 rings (SSSR count). The maximum Gasteiger partial charge on any atom is 0.0718 e. The molecule has 1 atom stereocenters. The van der Waals surface area contributed by atoms with Crippen LogP contribution in [0.3, 0.4) is 0 Å². The molecule has 2 heterocycles. The number of rotatable bonds is 2. The molecule has 1 aliphatic heterocycles. The van der Waals surface area contributed by atoms with Crippen molar-refractivity contribution in [2.45, 2.75) is 12.3 Å². The maximum atomic E-state index is 5.60. The highest BCUT2D eigenvalue weighted by molar-refractivity contribution is 9.10. The van der Waals surface area contributed by atoms with Gasteiger partial charge in [0.1, 0.15) is 0 Å². The summed E-state index contributed by atoms with van der Waals surface area (Å²) in [6.07, 6.45) is 1.00. The molecule has 2 aromatic rings. The second kappa shape index (κ2) is 4.84. The lowest BCUT2D eigenvalue weighted by Crippen LogP contribution is -2.13. The van der Waals surface area contributed by atoms with Crippen LogP contribution in [0.1, 0.15) is 18.0 Å². The molecule has 4 nitrogen and oxygen atoms in total. The van der Waals surface area contributed by atoms with E-state index in [0.717, 1.165) is 46.4 Å². The number of ether oxygens (including phenoxy) is 1. The Labute approximate surface area is 114 Å². The van der Waals surface area contributed by atoms with E-state index in [-0.39, 0.29) is 0 Å².